The average Bonchev–Trinajstić information content (AvgIpc) is 1.52. The number of halogens is 1. The lowest BCUT2D eigenvalue weighted by Gasteiger charge is -2.54. The Morgan fingerprint density at radius 3 is 2.00 bits per heavy atom. The lowest BCUT2D eigenvalue weighted by molar-refractivity contribution is -0.291. The molecule has 17 rings (SSSR count). The lowest BCUT2D eigenvalue weighted by atomic mass is 9.54. The molecule has 5 saturated carbocycles. The van der Waals surface area contributed by atoms with Gasteiger partial charge in [0.1, 0.15) is 77.9 Å². The molecule has 6 fully saturated rings. The number of aliphatic hydroxyl groups excluding tert-OH is 6. The summed E-state index contributed by atoms with van der Waals surface area (Å²) in [6, 6.07) is -1.15. The van der Waals surface area contributed by atoms with E-state index >= 15 is 28.8 Å². The van der Waals surface area contributed by atoms with Gasteiger partial charge in [-0.1, -0.05) is 75.9 Å². The second kappa shape index (κ2) is 42.4. The number of unbranched alkanes of at least 4 members (excludes halogenated alkanes) is 4. The van der Waals surface area contributed by atoms with Crippen molar-refractivity contribution < 1.29 is 126 Å². The van der Waals surface area contributed by atoms with Gasteiger partial charge in [0.25, 0.3) is 0 Å². The van der Waals surface area contributed by atoms with E-state index in [1.54, 1.807) is 0 Å². The fraction of sp³-hybridized carbons (Fsp3) is 0.581. The van der Waals surface area contributed by atoms with Crippen molar-refractivity contribution in [3.63, 3.8) is 0 Å². The van der Waals surface area contributed by atoms with Crippen LogP contribution in [0, 0.1) is 36.5 Å². The fourth-order valence-electron chi connectivity index (χ4n) is 19.9. The van der Waals surface area contributed by atoms with Gasteiger partial charge >= 0.3 is 6.03 Å². The number of ether oxygens (including phenoxy) is 6. The number of fused-ring (bicyclic) bond motifs is 12. The Morgan fingerprint density at radius 2 is 1.36 bits per heavy atom. The molecule has 0 spiro atoms. The van der Waals surface area contributed by atoms with E-state index in [4.69, 9.17) is 45.8 Å². The number of amides is 10. The van der Waals surface area contributed by atoms with Crippen molar-refractivity contribution in [1.29, 1.82) is 0 Å². The quantitative estimate of drug-likeness (QED) is 0.0212. The predicted molar refractivity (Wildman–Crippen MR) is 482 cm³/mol. The van der Waals surface area contributed by atoms with E-state index in [-0.39, 0.29) is 124 Å². The van der Waals surface area contributed by atoms with E-state index in [2.05, 4.69) is 63.2 Å². The number of imide groups is 1. The van der Waals surface area contributed by atoms with Crippen LogP contribution in [0.1, 0.15) is 218 Å². The second-order valence-corrected chi connectivity index (χ2v) is 40.0. The maximum Gasteiger partial charge on any atom is 0.321 e. The zero-order chi connectivity index (χ0) is 96.3. The number of aromatic hydroxyl groups is 1. The number of carbonyl (C=O) groups excluding carboxylic acids is 9. The Hall–Kier alpha value is -9.83. The smallest absolute Gasteiger partial charge is 0.321 e. The normalized spacial score (nSPS) is 27.5. The van der Waals surface area contributed by atoms with Crippen molar-refractivity contribution >= 4 is 74.9 Å². The molecule has 12 aliphatic rings. The van der Waals surface area contributed by atoms with Crippen LogP contribution < -0.4 is 83.2 Å². The third-order valence-corrected chi connectivity index (χ3v) is 28.6. The number of nitrogens with one attached hydrogen (secondary N) is 12. The van der Waals surface area contributed by atoms with Gasteiger partial charge in [0.2, 0.25) is 75.1 Å². The van der Waals surface area contributed by atoms with Gasteiger partial charge in [-0.2, -0.15) is 0 Å². The summed E-state index contributed by atoms with van der Waals surface area (Å²) in [5.41, 5.74) is 3.06. The molecular formula is C93H124ClN13O26S. The molecule has 1 saturated heterocycles. The number of rotatable bonds is 33. The van der Waals surface area contributed by atoms with Crippen molar-refractivity contribution in [3.05, 3.63) is 128 Å². The van der Waals surface area contributed by atoms with Gasteiger partial charge in [0.05, 0.1) is 55.3 Å². The van der Waals surface area contributed by atoms with E-state index < -0.39 is 238 Å². The van der Waals surface area contributed by atoms with Crippen LogP contribution in [-0.2, 0) is 74.9 Å². The van der Waals surface area contributed by atoms with Gasteiger partial charge in [-0.3, -0.25) is 43.7 Å². The first-order chi connectivity index (χ1) is 63.8. The van der Waals surface area contributed by atoms with Crippen LogP contribution in [0.2, 0.25) is 5.02 Å². The first kappa shape index (κ1) is 100. The van der Waals surface area contributed by atoms with Crippen LogP contribution in [0.25, 0.3) is 11.1 Å². The minimum atomic E-state index is -3.58. The highest BCUT2D eigenvalue weighted by atomic mass is 35.5. The van der Waals surface area contributed by atoms with Gasteiger partial charge in [-0.05, 0) is 228 Å². The number of likely N-dealkylation sites (N-methyl/N-ethyl adjacent to an activating group) is 1. The number of nitrogens with two attached hydrogens (primary N) is 1. The number of aryl methyl sites for hydroxylation is 1. The summed E-state index contributed by atoms with van der Waals surface area (Å²) >= 11 is 7.37. The van der Waals surface area contributed by atoms with Crippen LogP contribution in [0.5, 0.6) is 34.5 Å². The number of hydrogen-bond acceptors (Lipinski definition) is 29. The predicted octanol–water partition coefficient (Wildman–Crippen LogP) is 2.83. The van der Waals surface area contributed by atoms with E-state index in [1.165, 1.54) is 82.4 Å². The van der Waals surface area contributed by atoms with E-state index in [1.807, 2.05) is 20.8 Å². The van der Waals surface area contributed by atoms with E-state index in [9.17, 15) is 68.8 Å². The third-order valence-electron chi connectivity index (χ3n) is 26.9. The molecule has 5 aromatic carbocycles. The van der Waals surface area contributed by atoms with Crippen molar-refractivity contribution in [2.75, 3.05) is 45.7 Å². The Labute approximate surface area is 780 Å². The summed E-state index contributed by atoms with van der Waals surface area (Å²) < 4.78 is 67.8. The van der Waals surface area contributed by atoms with Crippen LogP contribution >= 0.6 is 11.6 Å². The molecule has 6 heterocycles. The highest BCUT2D eigenvalue weighted by molar-refractivity contribution is 7.89. The number of carbonyl (C=O) groups is 9. The first-order valence-electron chi connectivity index (χ1n) is 46.1. The highest BCUT2D eigenvalue weighted by Crippen LogP contribution is 2.57. The zero-order valence-corrected chi connectivity index (χ0v) is 77.3. The number of phenolic OH excluding ortho intramolecular Hbond substituents is 1. The second-order valence-electron chi connectivity index (χ2n) is 37.7. The van der Waals surface area contributed by atoms with E-state index in [0.717, 1.165) is 69.6 Å². The topological polar surface area (TPSA) is 596 Å². The third kappa shape index (κ3) is 22.7. The fourth-order valence-corrected chi connectivity index (χ4v) is 21.3. The van der Waals surface area contributed by atoms with Crippen LogP contribution in [-0.4, -0.2) is 232 Å². The minimum Gasteiger partial charge on any atom is -0.508 e. The summed E-state index contributed by atoms with van der Waals surface area (Å²) in [6.07, 6.45) is -5.17. The van der Waals surface area contributed by atoms with Crippen molar-refractivity contribution in [1.82, 2.24) is 63.2 Å². The standard InChI is InChI=1S/C93H124ClN13O26S/c1-8-9-10-13-24-134(126,127)98-23-12-11-22-97-39-58-63(111)36-57-71-56-32-48(14-19-59(56)93(124,125)72(58)71)74-85(118)107-78(89(122)105-76(57)87(120)102-73-51-28-46-27-47(30-51)31-52(73)29-46)80(114)50-16-21-65(60(94)33-50)131-67-35-53-34-66(81(67)133-90(129-55(40-108)41-109)68(42-110)132-70-38-92(6,95)82(115)45(5)128-70)130-64-20-15-49(26-44(64)4)79(113)77(106-83(116)61(96-7)25-43(2)3)88(121)100-62(84(117)103-75(53)86(119)104-74)37-69(112)101-91(123)99-54-17-18-54/h14-16,19-21,26,32-36,43,45-47,51-52,54-55,61-62,68,70,73-80,82,90,96-98,108-111,113-115,124-125H,8-13,17-18,22-25,27-31,37-42,95H2,1-7H3,(H,100,121)(H,102,120)(H,103,117)(H,104,119)(H,105,122)(H,106,116)(H,107,118)(H2,99,101,112,123)/t45-,46?,47?,51?,52?,61+,62-,68+,70-,73?,74+,75+,76-,77+,78-,79+,80+,82+,90-,92-/m0/s1. The molecule has 39 nitrogen and oxygen atoms in total. The zero-order valence-electron chi connectivity index (χ0n) is 75.7. The van der Waals surface area contributed by atoms with Gasteiger partial charge in [-0.25, -0.2) is 17.9 Å². The summed E-state index contributed by atoms with van der Waals surface area (Å²) in [7, 11) is -2.09. The number of urea groups is 1. The number of sulfonamides is 1. The monoisotopic (exact) mass is 1910 g/mol. The van der Waals surface area contributed by atoms with Crippen molar-refractivity contribution in [3.8, 4) is 45.6 Å². The first-order valence-corrected chi connectivity index (χ1v) is 48.1. The number of phenols is 1. The number of aliphatic hydroxyl groups is 8. The van der Waals surface area contributed by atoms with Gasteiger partial charge < -0.3 is 133 Å². The van der Waals surface area contributed by atoms with Crippen LogP contribution in [0.3, 0.4) is 0 Å². The molecule has 10 amide bonds. The molecule has 23 N–H and O–H groups in total. The molecule has 15 atom stereocenters. The molecule has 0 unspecified atom stereocenters. The largest absolute Gasteiger partial charge is 0.508 e. The molecule has 5 aromatic rings. The maximum absolute atomic E-state index is 16.9. The molecule has 0 aromatic heterocycles. The summed E-state index contributed by atoms with van der Waals surface area (Å²) in [5, 5.41) is 138. The molecule has 730 valence electrons. The van der Waals surface area contributed by atoms with Gasteiger partial charge in [-0.15, -0.1) is 0 Å². The Balaban J connectivity index is 0.957. The Kier molecular flexibility index (Phi) is 31.7. The van der Waals surface area contributed by atoms with Gasteiger partial charge in [0, 0.05) is 53.8 Å². The molecular weight excluding hydrogens is 1780 g/mol. The number of benzene rings is 5. The minimum absolute atomic E-state index is 0.0264. The molecule has 6 aliphatic carbocycles. The van der Waals surface area contributed by atoms with Crippen LogP contribution in [0.15, 0.2) is 72.8 Å². The Morgan fingerprint density at radius 1 is 0.709 bits per heavy atom. The lowest BCUT2D eigenvalue weighted by Crippen LogP contribution is -2.61. The Bertz CT molecular complexity index is 5300. The highest BCUT2D eigenvalue weighted by Gasteiger charge is 2.53. The van der Waals surface area contributed by atoms with Crippen molar-refractivity contribution in [2.45, 2.75) is 266 Å². The van der Waals surface area contributed by atoms with Gasteiger partial charge in [0.15, 0.2) is 17.8 Å². The average molecular weight is 1910 g/mol. The summed E-state index contributed by atoms with van der Waals surface area (Å²) in [5.74, 6) is -14.9. The van der Waals surface area contributed by atoms with E-state index in [0.29, 0.717) is 43.9 Å². The molecule has 41 heteroatoms. The molecule has 15 bridgehead atoms. The summed E-state index contributed by atoms with van der Waals surface area (Å²) in [4.78, 5) is 140. The molecule has 0 radical (unpaired) electrons. The maximum atomic E-state index is 16.9. The molecule has 134 heavy (non-hydrogen) atoms. The SMILES string of the molecule is CCCCCCS(=O)(=O)NCCCCNCc1c(O)cc2c3c1C(O)(O)c1ccc(cc1-3)[C@H]1NC(=O)[C@@H]3NC(=O)[C@H](CC(=O)NC(=O)NC4CC4)NC(=O)[C@H](NC(=O)[C@@H](CC(C)C)NC)[C@H](O)c4ccc(c(C)c4)Oc4cc3cc(c4O[C@H](OC(CO)CO)[C@@H](CO)O[C@H]3C[C@](C)(N)[C@H](O)[C@H](C)O3)Oc3ccc(cc3Cl)[C@@H](O)[C@H](NC1=O)C(=O)N[C@@H]2C(=O)NC1C2CC3CC(C2)CC1C3. The number of hydrogen-bond donors (Lipinski definition) is 22. The van der Waals surface area contributed by atoms with Crippen molar-refractivity contribution in [2.24, 2.45) is 35.3 Å². The molecule has 6 aliphatic heterocycles. The summed E-state index contributed by atoms with van der Waals surface area (Å²) in [6.45, 7) is 7.39. The van der Waals surface area contributed by atoms with Crippen LogP contribution in [0.4, 0.5) is 4.79 Å².